The largest absolute Gasteiger partial charge is 0.383 e. The lowest BCUT2D eigenvalue weighted by molar-refractivity contribution is -0.122. The Hall–Kier alpha value is -3.95. The van der Waals surface area contributed by atoms with Crippen LogP contribution in [-0.2, 0) is 27.8 Å². The summed E-state index contributed by atoms with van der Waals surface area (Å²) in [4.78, 5) is 17.6. The summed E-state index contributed by atoms with van der Waals surface area (Å²) in [6.45, 7) is 0.470. The van der Waals surface area contributed by atoms with Crippen LogP contribution in [0.1, 0.15) is 22.7 Å². The van der Waals surface area contributed by atoms with E-state index in [0.717, 1.165) is 27.6 Å². The second-order valence-electron chi connectivity index (χ2n) is 8.46. The molecular weight excluding hydrogens is 462 g/mol. The van der Waals surface area contributed by atoms with Crippen LogP contribution in [-0.4, -0.2) is 25.9 Å². The van der Waals surface area contributed by atoms with Crippen LogP contribution >= 0.6 is 0 Å². The fraction of sp³-hybridized carbons (Fsp3) is 0.154. The van der Waals surface area contributed by atoms with Gasteiger partial charge >= 0.3 is 0 Å². The minimum absolute atomic E-state index is 0.175. The molecule has 1 atom stereocenters. The van der Waals surface area contributed by atoms with E-state index < -0.39 is 16.1 Å². The van der Waals surface area contributed by atoms with Crippen molar-refractivity contribution in [3.63, 3.8) is 0 Å². The van der Waals surface area contributed by atoms with Gasteiger partial charge in [0, 0.05) is 30.4 Å². The Bertz CT molecular complexity index is 1500. The van der Waals surface area contributed by atoms with Gasteiger partial charge in [-0.15, -0.1) is 0 Å². The zero-order chi connectivity index (χ0) is 24.4. The molecule has 3 aromatic carbocycles. The average molecular weight is 488 g/mol. The monoisotopic (exact) mass is 487 g/mol. The molecule has 3 heterocycles. The second kappa shape index (κ2) is 9.36. The van der Waals surface area contributed by atoms with Crippen molar-refractivity contribution < 1.29 is 13.2 Å². The van der Waals surface area contributed by atoms with E-state index in [9.17, 15) is 13.2 Å². The summed E-state index contributed by atoms with van der Waals surface area (Å²) in [6.07, 6.45) is 2.18. The number of anilines is 2. The van der Waals surface area contributed by atoms with Crippen molar-refractivity contribution in [2.24, 2.45) is 0 Å². The van der Waals surface area contributed by atoms with E-state index in [1.807, 2.05) is 48.5 Å². The van der Waals surface area contributed by atoms with Crippen LogP contribution in [0.25, 0.3) is 10.8 Å². The van der Waals surface area contributed by atoms with Gasteiger partial charge in [-0.2, -0.15) is 0 Å². The molecule has 0 aliphatic carbocycles. The van der Waals surface area contributed by atoms with Gasteiger partial charge in [0.2, 0.25) is 15.9 Å². The van der Waals surface area contributed by atoms with E-state index in [4.69, 9.17) is 5.73 Å². The van der Waals surface area contributed by atoms with Crippen LogP contribution < -0.4 is 21.1 Å². The number of nitrogens with one attached hydrogen (secondary N) is 3. The highest BCUT2D eigenvalue weighted by Crippen LogP contribution is 2.26. The number of nitrogens with zero attached hydrogens (tertiary/aromatic N) is 1. The highest BCUT2D eigenvalue weighted by Gasteiger charge is 2.22. The van der Waals surface area contributed by atoms with Gasteiger partial charge in [0.25, 0.3) is 0 Å². The number of sulfonamides is 1. The normalized spacial score (nSPS) is 17.8. The van der Waals surface area contributed by atoms with Gasteiger partial charge in [-0.1, -0.05) is 36.4 Å². The molecule has 1 aromatic heterocycles. The molecule has 1 amide bonds. The maximum Gasteiger partial charge on any atom is 0.247 e. The van der Waals surface area contributed by atoms with E-state index in [1.54, 1.807) is 30.5 Å². The lowest BCUT2D eigenvalue weighted by Crippen LogP contribution is -2.33. The molecule has 9 heteroatoms. The van der Waals surface area contributed by atoms with Crippen molar-refractivity contribution in [1.29, 1.82) is 0 Å². The number of carbonyl (C=O) groups is 1. The summed E-state index contributed by atoms with van der Waals surface area (Å²) in [7, 11) is -3.64. The lowest BCUT2D eigenvalue weighted by atomic mass is 10.0. The minimum atomic E-state index is -3.64. The van der Waals surface area contributed by atoms with E-state index in [2.05, 4.69) is 20.3 Å². The summed E-state index contributed by atoms with van der Waals surface area (Å²) in [5, 5.41) is 8.06. The molecular formula is C26H25N5O3S. The molecule has 2 aliphatic rings. The predicted octanol–water partition coefficient (Wildman–Crippen LogP) is 3.12. The van der Waals surface area contributed by atoms with Gasteiger partial charge in [0.15, 0.2) is 0 Å². The Kier molecular flexibility index (Phi) is 6.10. The van der Waals surface area contributed by atoms with Crippen LogP contribution in [0, 0.1) is 0 Å². The number of nitrogen functional groups attached to an aromatic ring is 1. The summed E-state index contributed by atoms with van der Waals surface area (Å²) < 4.78 is 28.0. The molecule has 0 saturated heterocycles. The number of aromatic nitrogens is 1. The predicted molar refractivity (Wildman–Crippen MR) is 136 cm³/mol. The highest BCUT2D eigenvalue weighted by molar-refractivity contribution is 7.89. The number of carbonyl (C=O) groups excluding carboxylic acids is 1. The molecule has 0 radical (unpaired) electrons. The Balaban J connectivity index is 1.49. The molecule has 0 fully saturated rings. The van der Waals surface area contributed by atoms with Gasteiger partial charge in [-0.25, -0.2) is 18.1 Å². The van der Waals surface area contributed by atoms with Crippen molar-refractivity contribution in [2.45, 2.75) is 23.9 Å². The SMILES string of the molecule is Nc1nccc2cc(NC3C(=O)NCc4cccc(c4)S(=O)(=O)NCCc4ccc3cc4)ccc12. The van der Waals surface area contributed by atoms with Crippen molar-refractivity contribution in [2.75, 3.05) is 17.6 Å². The van der Waals surface area contributed by atoms with E-state index >= 15 is 0 Å². The third-order valence-electron chi connectivity index (χ3n) is 6.06. The molecule has 1 unspecified atom stereocenters. The van der Waals surface area contributed by atoms with Crippen molar-refractivity contribution in [3.05, 3.63) is 95.7 Å². The third kappa shape index (κ3) is 4.96. The van der Waals surface area contributed by atoms with Gasteiger partial charge in [-0.3, -0.25) is 4.79 Å². The number of fused-ring (bicyclic) bond motifs is 9. The second-order valence-corrected chi connectivity index (χ2v) is 10.2. The van der Waals surface area contributed by atoms with Crippen molar-refractivity contribution in [3.8, 4) is 0 Å². The van der Waals surface area contributed by atoms with Crippen LogP contribution in [0.15, 0.2) is 83.9 Å². The molecule has 178 valence electrons. The van der Waals surface area contributed by atoms with E-state index in [0.29, 0.717) is 17.8 Å². The van der Waals surface area contributed by atoms with Gasteiger partial charge < -0.3 is 16.4 Å². The van der Waals surface area contributed by atoms with Crippen LogP contribution in [0.2, 0.25) is 0 Å². The molecule has 4 aromatic rings. The molecule has 2 aliphatic heterocycles. The summed E-state index contributed by atoms with van der Waals surface area (Å²) in [6, 6.07) is 21.1. The smallest absolute Gasteiger partial charge is 0.247 e. The summed E-state index contributed by atoms with van der Waals surface area (Å²) >= 11 is 0. The first-order valence-corrected chi connectivity index (χ1v) is 12.7. The lowest BCUT2D eigenvalue weighted by Gasteiger charge is -2.21. The fourth-order valence-electron chi connectivity index (χ4n) is 4.16. The van der Waals surface area contributed by atoms with Gasteiger partial charge in [-0.05, 0) is 64.9 Å². The van der Waals surface area contributed by atoms with Crippen LogP contribution in [0.5, 0.6) is 0 Å². The molecule has 4 bridgehead atoms. The average Bonchev–Trinajstić information content (AvgIpc) is 2.86. The number of amides is 1. The standard InChI is InChI=1S/C26H25N5O3S/c27-25-23-9-8-21(15-20(23)11-12-28-25)31-24-19-6-4-17(5-7-19)10-13-30-35(33,34)22-3-1-2-18(14-22)16-29-26(24)32/h1-9,11-12,14-15,24,30-31H,10,13,16H2,(H2,27,28)(H,29,32). The number of hydrogen-bond acceptors (Lipinski definition) is 6. The minimum Gasteiger partial charge on any atom is -0.383 e. The maximum absolute atomic E-state index is 13.4. The van der Waals surface area contributed by atoms with E-state index in [1.165, 1.54) is 0 Å². The van der Waals surface area contributed by atoms with Crippen LogP contribution in [0.3, 0.4) is 0 Å². The molecule has 8 nitrogen and oxygen atoms in total. The third-order valence-corrected chi connectivity index (χ3v) is 7.52. The first-order chi connectivity index (χ1) is 16.9. The first-order valence-electron chi connectivity index (χ1n) is 11.2. The Morgan fingerprint density at radius 3 is 2.63 bits per heavy atom. The zero-order valence-corrected chi connectivity index (χ0v) is 19.7. The Labute approximate surface area is 203 Å². The van der Waals surface area contributed by atoms with Crippen molar-refractivity contribution in [1.82, 2.24) is 15.0 Å². The molecule has 0 saturated carbocycles. The number of hydrogen-bond donors (Lipinski definition) is 4. The van der Waals surface area contributed by atoms with Gasteiger partial charge in [0.1, 0.15) is 11.9 Å². The zero-order valence-electron chi connectivity index (χ0n) is 18.9. The number of nitrogens with two attached hydrogens (primary N) is 1. The molecule has 35 heavy (non-hydrogen) atoms. The van der Waals surface area contributed by atoms with E-state index in [-0.39, 0.29) is 23.9 Å². The molecule has 0 spiro atoms. The van der Waals surface area contributed by atoms with Crippen LogP contribution in [0.4, 0.5) is 11.5 Å². The Morgan fingerprint density at radius 2 is 1.80 bits per heavy atom. The Morgan fingerprint density at radius 1 is 0.971 bits per heavy atom. The summed E-state index contributed by atoms with van der Waals surface area (Å²) in [5.74, 6) is 0.225. The fourth-order valence-corrected chi connectivity index (χ4v) is 5.26. The topological polar surface area (TPSA) is 126 Å². The first kappa shape index (κ1) is 22.8. The number of rotatable bonds is 2. The number of benzene rings is 3. The molecule has 6 rings (SSSR count). The summed E-state index contributed by atoms with van der Waals surface area (Å²) in [5.41, 5.74) is 9.20. The highest BCUT2D eigenvalue weighted by atomic mass is 32.2. The van der Waals surface area contributed by atoms with Crippen molar-refractivity contribution >= 4 is 38.2 Å². The number of pyridine rings is 1. The maximum atomic E-state index is 13.4. The molecule has 5 N–H and O–H groups in total. The quantitative estimate of drug-likeness (QED) is 0.344. The van der Waals surface area contributed by atoms with Gasteiger partial charge in [0.05, 0.1) is 4.90 Å².